The molecule has 1 amide bonds. The molecule has 17 heavy (non-hydrogen) atoms. The van der Waals surface area contributed by atoms with Crippen LogP contribution in [0.2, 0.25) is 0 Å². The lowest BCUT2D eigenvalue weighted by molar-refractivity contribution is -0.132. The second kappa shape index (κ2) is 5.38. The maximum Gasteiger partial charge on any atom is 0.308 e. The van der Waals surface area contributed by atoms with E-state index in [2.05, 4.69) is 10.1 Å². The topological polar surface area (TPSA) is 55.4 Å². The Morgan fingerprint density at radius 2 is 1.82 bits per heavy atom. The van der Waals surface area contributed by atoms with Crippen LogP contribution < -0.4 is 10.1 Å². The highest BCUT2D eigenvalue weighted by atomic mass is 19.1. The molecule has 0 fully saturated rings. The minimum atomic E-state index is -1.10. The third-order valence-electron chi connectivity index (χ3n) is 1.84. The molecule has 0 spiro atoms. The summed E-state index contributed by atoms with van der Waals surface area (Å²) in [5.41, 5.74) is -0.169. The molecule has 0 aliphatic carbocycles. The third-order valence-corrected chi connectivity index (χ3v) is 1.84. The molecule has 0 radical (unpaired) electrons. The fraction of sp³-hybridized carbons (Fsp3) is 0.273. The van der Waals surface area contributed by atoms with Gasteiger partial charge in [-0.3, -0.25) is 9.59 Å². The molecule has 0 saturated carbocycles. The first-order chi connectivity index (χ1) is 7.95. The van der Waals surface area contributed by atoms with Crippen molar-refractivity contribution in [2.75, 3.05) is 6.54 Å². The van der Waals surface area contributed by atoms with Crippen LogP contribution in [0.4, 0.5) is 8.78 Å². The Kier molecular flexibility index (Phi) is 4.14. The number of amides is 1. The van der Waals surface area contributed by atoms with Gasteiger partial charge in [-0.2, -0.15) is 0 Å². The largest absolute Gasteiger partial charge is 0.420 e. The number of carbonyl (C=O) groups is 2. The molecule has 4 nitrogen and oxygen atoms in total. The van der Waals surface area contributed by atoms with Gasteiger partial charge in [-0.25, -0.2) is 8.78 Å². The molecule has 0 unspecified atom stereocenters. The molecule has 0 atom stereocenters. The minimum absolute atomic E-state index is 0.169. The van der Waals surface area contributed by atoms with Crippen molar-refractivity contribution in [3.05, 3.63) is 29.3 Å². The van der Waals surface area contributed by atoms with Crippen molar-refractivity contribution in [2.45, 2.75) is 13.8 Å². The molecular formula is C11H11F2NO3. The van der Waals surface area contributed by atoms with Crippen LogP contribution in [0.3, 0.4) is 0 Å². The van der Waals surface area contributed by atoms with Gasteiger partial charge < -0.3 is 10.1 Å². The predicted molar refractivity (Wildman–Crippen MR) is 55.7 cm³/mol. The maximum absolute atomic E-state index is 13.4. The SMILES string of the molecule is CCNC(=O)c1cc(F)c(OC(C)=O)c(F)c1. The molecule has 1 aromatic carbocycles. The number of halogens is 2. The van der Waals surface area contributed by atoms with Crippen molar-refractivity contribution in [2.24, 2.45) is 0 Å². The Balaban J connectivity index is 3.09. The zero-order chi connectivity index (χ0) is 13.0. The van der Waals surface area contributed by atoms with E-state index in [1.807, 2.05) is 0 Å². The molecule has 0 bridgehead atoms. The summed E-state index contributed by atoms with van der Waals surface area (Å²) in [5.74, 6) is -4.43. The summed E-state index contributed by atoms with van der Waals surface area (Å²) in [6, 6.07) is 1.62. The van der Waals surface area contributed by atoms with Crippen LogP contribution in [0.15, 0.2) is 12.1 Å². The Morgan fingerprint density at radius 1 is 1.29 bits per heavy atom. The van der Waals surface area contributed by atoms with Crippen molar-refractivity contribution >= 4 is 11.9 Å². The molecule has 1 aromatic rings. The van der Waals surface area contributed by atoms with Gasteiger partial charge >= 0.3 is 5.97 Å². The van der Waals surface area contributed by atoms with E-state index in [0.717, 1.165) is 19.1 Å². The second-order valence-electron chi connectivity index (χ2n) is 3.22. The van der Waals surface area contributed by atoms with Gasteiger partial charge in [0.25, 0.3) is 5.91 Å². The highest BCUT2D eigenvalue weighted by Gasteiger charge is 2.17. The highest BCUT2D eigenvalue weighted by Crippen LogP contribution is 2.23. The smallest absolute Gasteiger partial charge is 0.308 e. The lowest BCUT2D eigenvalue weighted by Gasteiger charge is -2.07. The molecular weight excluding hydrogens is 232 g/mol. The fourth-order valence-electron chi connectivity index (χ4n) is 1.19. The third kappa shape index (κ3) is 3.24. The summed E-state index contributed by atoms with van der Waals surface area (Å²) < 4.78 is 31.1. The summed E-state index contributed by atoms with van der Waals surface area (Å²) in [6.07, 6.45) is 0. The van der Waals surface area contributed by atoms with E-state index < -0.39 is 29.3 Å². The van der Waals surface area contributed by atoms with Crippen molar-refractivity contribution in [1.29, 1.82) is 0 Å². The van der Waals surface area contributed by atoms with E-state index in [1.165, 1.54) is 0 Å². The normalized spacial score (nSPS) is 9.88. The van der Waals surface area contributed by atoms with Gasteiger partial charge in [0.1, 0.15) is 0 Å². The summed E-state index contributed by atoms with van der Waals surface area (Å²) in [7, 11) is 0. The van der Waals surface area contributed by atoms with E-state index in [9.17, 15) is 18.4 Å². The zero-order valence-corrected chi connectivity index (χ0v) is 9.34. The average Bonchev–Trinajstić information content (AvgIpc) is 2.23. The monoisotopic (exact) mass is 243 g/mol. The number of ether oxygens (including phenoxy) is 1. The van der Waals surface area contributed by atoms with Gasteiger partial charge in [0.15, 0.2) is 11.6 Å². The summed E-state index contributed by atoms with van der Waals surface area (Å²) >= 11 is 0. The quantitative estimate of drug-likeness (QED) is 0.648. The average molecular weight is 243 g/mol. The van der Waals surface area contributed by atoms with Crippen molar-refractivity contribution < 1.29 is 23.1 Å². The molecule has 0 saturated heterocycles. The summed E-state index contributed by atoms with van der Waals surface area (Å²) in [4.78, 5) is 21.9. The first-order valence-electron chi connectivity index (χ1n) is 4.91. The molecule has 0 aliphatic heterocycles. The Bertz CT molecular complexity index is 437. The van der Waals surface area contributed by atoms with Gasteiger partial charge in [-0.1, -0.05) is 0 Å². The zero-order valence-electron chi connectivity index (χ0n) is 9.34. The minimum Gasteiger partial charge on any atom is -0.420 e. The molecule has 0 aliphatic rings. The van der Waals surface area contributed by atoms with E-state index in [0.29, 0.717) is 6.54 Å². The lowest BCUT2D eigenvalue weighted by Crippen LogP contribution is -2.23. The highest BCUT2D eigenvalue weighted by molar-refractivity contribution is 5.94. The van der Waals surface area contributed by atoms with Crippen molar-refractivity contribution in [3.63, 3.8) is 0 Å². The van der Waals surface area contributed by atoms with Crippen LogP contribution in [0, 0.1) is 11.6 Å². The van der Waals surface area contributed by atoms with E-state index in [-0.39, 0.29) is 5.56 Å². The van der Waals surface area contributed by atoms with Crippen molar-refractivity contribution in [3.8, 4) is 5.75 Å². The Labute approximate surface area is 96.6 Å². The number of carbonyl (C=O) groups excluding carboxylic acids is 2. The van der Waals surface area contributed by atoms with Gasteiger partial charge in [0.05, 0.1) is 0 Å². The molecule has 92 valence electrons. The molecule has 1 rings (SSSR count). The van der Waals surface area contributed by atoms with Gasteiger partial charge in [-0.15, -0.1) is 0 Å². The fourth-order valence-corrected chi connectivity index (χ4v) is 1.19. The number of esters is 1. The van der Waals surface area contributed by atoms with Crippen LogP contribution in [0.5, 0.6) is 5.75 Å². The standard InChI is InChI=1S/C11H11F2NO3/c1-3-14-11(16)7-4-8(12)10(9(13)5-7)17-6(2)15/h4-5H,3H2,1-2H3,(H,14,16). The van der Waals surface area contributed by atoms with Crippen LogP contribution >= 0.6 is 0 Å². The summed E-state index contributed by atoms with van der Waals surface area (Å²) in [6.45, 7) is 3.04. The number of benzene rings is 1. The molecule has 6 heteroatoms. The number of hydrogen-bond acceptors (Lipinski definition) is 3. The van der Waals surface area contributed by atoms with Gasteiger partial charge in [0, 0.05) is 19.0 Å². The first-order valence-corrected chi connectivity index (χ1v) is 4.91. The predicted octanol–water partition coefficient (Wildman–Crippen LogP) is 1.64. The number of nitrogens with one attached hydrogen (secondary N) is 1. The molecule has 0 heterocycles. The van der Waals surface area contributed by atoms with Crippen LogP contribution in [-0.4, -0.2) is 18.4 Å². The maximum atomic E-state index is 13.4. The Hall–Kier alpha value is -1.98. The van der Waals surface area contributed by atoms with Crippen LogP contribution in [0.25, 0.3) is 0 Å². The van der Waals surface area contributed by atoms with E-state index in [4.69, 9.17) is 0 Å². The summed E-state index contributed by atoms with van der Waals surface area (Å²) in [5, 5.41) is 2.40. The molecule has 1 N–H and O–H groups in total. The van der Waals surface area contributed by atoms with Crippen molar-refractivity contribution in [1.82, 2.24) is 5.32 Å². The van der Waals surface area contributed by atoms with Gasteiger partial charge in [-0.05, 0) is 19.1 Å². The lowest BCUT2D eigenvalue weighted by atomic mass is 10.2. The van der Waals surface area contributed by atoms with E-state index >= 15 is 0 Å². The Morgan fingerprint density at radius 3 is 2.24 bits per heavy atom. The first kappa shape index (κ1) is 13.1. The van der Waals surface area contributed by atoms with Crippen LogP contribution in [0.1, 0.15) is 24.2 Å². The number of hydrogen-bond donors (Lipinski definition) is 1. The number of rotatable bonds is 3. The van der Waals surface area contributed by atoms with Crippen LogP contribution in [-0.2, 0) is 4.79 Å². The molecule has 0 aromatic heterocycles. The van der Waals surface area contributed by atoms with E-state index in [1.54, 1.807) is 6.92 Å². The second-order valence-corrected chi connectivity index (χ2v) is 3.22. The van der Waals surface area contributed by atoms with Gasteiger partial charge in [0.2, 0.25) is 5.75 Å².